The zero-order valence-corrected chi connectivity index (χ0v) is 8.90. The molecule has 2 rings (SSSR count). The number of nitrogens with zero attached hydrogens (tertiary/aromatic N) is 1. The highest BCUT2D eigenvalue weighted by Crippen LogP contribution is 2.17. The number of halogens is 1. The van der Waals surface area contributed by atoms with Crippen molar-refractivity contribution in [3.8, 4) is 5.75 Å². The molecule has 14 heavy (non-hydrogen) atoms. The van der Waals surface area contributed by atoms with Crippen LogP contribution in [-0.2, 0) is 6.61 Å². The first-order valence-electron chi connectivity index (χ1n) is 4.11. The van der Waals surface area contributed by atoms with Gasteiger partial charge in [0.2, 0.25) is 0 Å². The fraction of sp³-hybridized carbons (Fsp3) is 0.100. The summed E-state index contributed by atoms with van der Waals surface area (Å²) in [5.74, 6) is 0.828. The smallest absolute Gasteiger partial charge is 0.130 e. The lowest BCUT2D eigenvalue weighted by atomic mass is 10.3. The van der Waals surface area contributed by atoms with Crippen LogP contribution < -0.4 is 4.74 Å². The van der Waals surface area contributed by atoms with E-state index < -0.39 is 0 Å². The molecule has 2 aromatic rings. The Morgan fingerprint density at radius 3 is 2.71 bits per heavy atom. The van der Waals surface area contributed by atoms with Crippen LogP contribution in [0, 0.1) is 0 Å². The number of benzene rings is 1. The summed E-state index contributed by atoms with van der Waals surface area (Å²) in [6, 6.07) is 7.67. The lowest BCUT2D eigenvalue weighted by Crippen LogP contribution is -1.92. The van der Waals surface area contributed by atoms with Gasteiger partial charge in [0, 0.05) is 10.0 Å². The zero-order valence-electron chi connectivity index (χ0n) is 7.31. The molecule has 4 heteroatoms. The Kier molecular flexibility index (Phi) is 2.84. The molecule has 72 valence electrons. The van der Waals surface area contributed by atoms with E-state index in [-0.39, 0.29) is 0 Å². The van der Waals surface area contributed by atoms with Crippen LogP contribution >= 0.6 is 15.9 Å². The number of rotatable bonds is 3. The van der Waals surface area contributed by atoms with Crippen molar-refractivity contribution in [1.29, 1.82) is 0 Å². The van der Waals surface area contributed by atoms with Gasteiger partial charge in [-0.1, -0.05) is 21.1 Å². The Hall–Kier alpha value is -1.29. The molecule has 0 fully saturated rings. The summed E-state index contributed by atoms with van der Waals surface area (Å²) >= 11 is 3.35. The molecular weight excluding hydrogens is 246 g/mol. The van der Waals surface area contributed by atoms with Crippen molar-refractivity contribution < 1.29 is 9.26 Å². The van der Waals surface area contributed by atoms with Crippen molar-refractivity contribution in [3.05, 3.63) is 46.8 Å². The minimum absolute atomic E-state index is 0.477. The van der Waals surface area contributed by atoms with Gasteiger partial charge in [-0.25, -0.2) is 0 Å². The Morgan fingerprint density at radius 2 is 2.07 bits per heavy atom. The average molecular weight is 254 g/mol. The second-order valence-corrected chi connectivity index (χ2v) is 3.69. The summed E-state index contributed by atoms with van der Waals surface area (Å²) < 4.78 is 11.2. The maximum Gasteiger partial charge on any atom is 0.130 e. The van der Waals surface area contributed by atoms with E-state index in [9.17, 15) is 0 Å². The number of hydrogen-bond donors (Lipinski definition) is 0. The average Bonchev–Trinajstić information content (AvgIpc) is 2.70. The monoisotopic (exact) mass is 253 g/mol. The molecule has 1 aromatic carbocycles. The molecule has 0 aliphatic heterocycles. The van der Waals surface area contributed by atoms with Crippen LogP contribution in [0.4, 0.5) is 0 Å². The van der Waals surface area contributed by atoms with Gasteiger partial charge in [-0.2, -0.15) is 0 Å². The van der Waals surface area contributed by atoms with E-state index in [1.807, 2.05) is 24.3 Å². The van der Waals surface area contributed by atoms with Crippen molar-refractivity contribution in [2.45, 2.75) is 6.61 Å². The summed E-state index contributed by atoms with van der Waals surface area (Å²) in [6.45, 7) is 0.477. The zero-order chi connectivity index (χ0) is 9.80. The van der Waals surface area contributed by atoms with E-state index in [1.165, 1.54) is 0 Å². The molecule has 0 aliphatic carbocycles. The first kappa shape index (κ1) is 9.27. The normalized spacial score (nSPS) is 10.1. The van der Waals surface area contributed by atoms with Gasteiger partial charge in [0.25, 0.3) is 0 Å². The number of aromatic nitrogens is 1. The minimum atomic E-state index is 0.477. The lowest BCUT2D eigenvalue weighted by molar-refractivity contribution is 0.304. The molecule has 0 saturated carbocycles. The summed E-state index contributed by atoms with van der Waals surface area (Å²) in [7, 11) is 0. The molecule has 0 unspecified atom stereocenters. The van der Waals surface area contributed by atoms with Crippen LogP contribution in [0.25, 0.3) is 0 Å². The van der Waals surface area contributed by atoms with Crippen LogP contribution in [0.5, 0.6) is 5.75 Å². The standard InChI is InChI=1S/C10H8BrNO2/c11-9-1-3-10(4-2-9)13-6-8-5-12-14-7-8/h1-5,7H,6H2. The third kappa shape index (κ3) is 2.35. The highest BCUT2D eigenvalue weighted by molar-refractivity contribution is 9.10. The molecule has 0 atom stereocenters. The first-order valence-corrected chi connectivity index (χ1v) is 4.90. The maximum atomic E-state index is 5.48. The molecular formula is C10H8BrNO2. The molecule has 0 bridgehead atoms. The van der Waals surface area contributed by atoms with Gasteiger partial charge in [0.15, 0.2) is 0 Å². The second kappa shape index (κ2) is 4.28. The van der Waals surface area contributed by atoms with Crippen LogP contribution in [-0.4, -0.2) is 5.16 Å². The van der Waals surface area contributed by atoms with Gasteiger partial charge in [0.1, 0.15) is 18.6 Å². The third-order valence-electron chi connectivity index (χ3n) is 1.70. The van der Waals surface area contributed by atoms with Crippen molar-refractivity contribution >= 4 is 15.9 Å². The Balaban J connectivity index is 1.95. The number of ether oxygens (including phenoxy) is 1. The molecule has 0 spiro atoms. The van der Waals surface area contributed by atoms with Crippen LogP contribution in [0.15, 0.2) is 45.7 Å². The summed E-state index contributed by atoms with van der Waals surface area (Å²) in [4.78, 5) is 0. The summed E-state index contributed by atoms with van der Waals surface area (Å²) in [5, 5.41) is 3.59. The molecule has 1 heterocycles. The van der Waals surface area contributed by atoms with Gasteiger partial charge in [-0.15, -0.1) is 0 Å². The van der Waals surface area contributed by atoms with Crippen LogP contribution in [0.3, 0.4) is 0 Å². The molecule has 0 radical (unpaired) electrons. The maximum absolute atomic E-state index is 5.48. The Labute approximate surface area is 89.8 Å². The summed E-state index contributed by atoms with van der Waals surface area (Å²) in [5.41, 5.74) is 0.924. The predicted octanol–water partition coefficient (Wildman–Crippen LogP) is 3.02. The summed E-state index contributed by atoms with van der Waals surface area (Å²) in [6.07, 6.45) is 3.21. The predicted molar refractivity (Wildman–Crippen MR) is 55.0 cm³/mol. The molecule has 0 aliphatic rings. The highest BCUT2D eigenvalue weighted by atomic mass is 79.9. The van der Waals surface area contributed by atoms with Crippen molar-refractivity contribution in [2.24, 2.45) is 0 Å². The van der Waals surface area contributed by atoms with Crippen molar-refractivity contribution in [1.82, 2.24) is 5.16 Å². The van der Waals surface area contributed by atoms with E-state index in [2.05, 4.69) is 25.6 Å². The largest absolute Gasteiger partial charge is 0.489 e. The van der Waals surface area contributed by atoms with Gasteiger partial charge in [0.05, 0.1) is 6.20 Å². The second-order valence-electron chi connectivity index (χ2n) is 2.78. The quantitative estimate of drug-likeness (QED) is 0.844. The van der Waals surface area contributed by atoms with Gasteiger partial charge in [-0.3, -0.25) is 0 Å². The fourth-order valence-corrected chi connectivity index (χ4v) is 1.26. The SMILES string of the molecule is Brc1ccc(OCc2cnoc2)cc1. The lowest BCUT2D eigenvalue weighted by Gasteiger charge is -2.03. The van der Waals surface area contributed by atoms with Gasteiger partial charge < -0.3 is 9.26 Å². The van der Waals surface area contributed by atoms with Crippen LogP contribution in [0.2, 0.25) is 0 Å². The van der Waals surface area contributed by atoms with E-state index in [4.69, 9.17) is 4.74 Å². The van der Waals surface area contributed by atoms with E-state index in [0.29, 0.717) is 6.61 Å². The highest BCUT2D eigenvalue weighted by Gasteiger charge is 1.97. The fourth-order valence-electron chi connectivity index (χ4n) is 0.995. The van der Waals surface area contributed by atoms with Crippen molar-refractivity contribution in [2.75, 3.05) is 0 Å². The molecule has 0 amide bonds. The Bertz CT molecular complexity index is 383. The Morgan fingerprint density at radius 1 is 1.29 bits per heavy atom. The van der Waals surface area contributed by atoms with E-state index >= 15 is 0 Å². The molecule has 3 nitrogen and oxygen atoms in total. The van der Waals surface area contributed by atoms with E-state index in [1.54, 1.807) is 12.5 Å². The molecule has 0 saturated heterocycles. The molecule has 1 aromatic heterocycles. The minimum Gasteiger partial charge on any atom is -0.489 e. The molecule has 0 N–H and O–H groups in total. The van der Waals surface area contributed by atoms with Crippen molar-refractivity contribution in [3.63, 3.8) is 0 Å². The third-order valence-corrected chi connectivity index (χ3v) is 2.23. The first-order chi connectivity index (χ1) is 6.84. The van der Waals surface area contributed by atoms with Gasteiger partial charge >= 0.3 is 0 Å². The van der Waals surface area contributed by atoms with Gasteiger partial charge in [-0.05, 0) is 24.3 Å². The van der Waals surface area contributed by atoms with E-state index in [0.717, 1.165) is 15.8 Å². The van der Waals surface area contributed by atoms with Crippen LogP contribution in [0.1, 0.15) is 5.56 Å². The topological polar surface area (TPSA) is 35.3 Å². The number of hydrogen-bond acceptors (Lipinski definition) is 3.